The van der Waals surface area contributed by atoms with Gasteiger partial charge in [0.1, 0.15) is 12.1 Å². The van der Waals surface area contributed by atoms with Gasteiger partial charge < -0.3 is 9.80 Å². The molecule has 2 saturated heterocycles. The van der Waals surface area contributed by atoms with Gasteiger partial charge in [-0.3, -0.25) is 14.6 Å². The number of hydrogen-bond donors (Lipinski definition) is 0. The van der Waals surface area contributed by atoms with E-state index < -0.39 is 0 Å². The SMILES string of the molecule is CN1CCN(c2cnn(C3CN(c4ncnc5cnccc45)C3)c2)C1=O. The Bertz CT molecular complexity index is 974. The second-order valence-electron chi connectivity index (χ2n) is 6.68. The summed E-state index contributed by atoms with van der Waals surface area (Å²) in [4.78, 5) is 30.6. The van der Waals surface area contributed by atoms with E-state index in [1.165, 1.54) is 0 Å². The molecule has 3 aromatic rings. The standard InChI is InChI=1S/C17H18N8O/c1-22-4-5-24(17(22)26)12-6-21-25(10-12)13-8-23(9-13)16-14-2-3-18-7-15(14)19-11-20-16/h2-3,6-7,10-11,13H,4-5,8-9H2,1H3. The molecule has 2 aliphatic rings. The number of hydrogen-bond acceptors (Lipinski definition) is 6. The predicted molar refractivity (Wildman–Crippen MR) is 96.2 cm³/mol. The first-order valence-corrected chi connectivity index (χ1v) is 8.57. The molecule has 5 heterocycles. The fraction of sp³-hybridized carbons (Fsp3) is 0.353. The normalized spacial score (nSPS) is 18.0. The van der Waals surface area contributed by atoms with Crippen LogP contribution < -0.4 is 9.80 Å². The summed E-state index contributed by atoms with van der Waals surface area (Å²) >= 11 is 0. The van der Waals surface area contributed by atoms with Crippen LogP contribution in [-0.4, -0.2) is 68.9 Å². The number of nitrogens with zero attached hydrogens (tertiary/aromatic N) is 8. The summed E-state index contributed by atoms with van der Waals surface area (Å²) in [5.74, 6) is 0.928. The number of carbonyl (C=O) groups is 1. The first kappa shape index (κ1) is 15.1. The van der Waals surface area contributed by atoms with Gasteiger partial charge in [-0.2, -0.15) is 5.10 Å². The molecule has 9 heteroatoms. The van der Waals surface area contributed by atoms with Crippen molar-refractivity contribution in [1.82, 2.24) is 29.6 Å². The Morgan fingerprint density at radius 1 is 1.15 bits per heavy atom. The van der Waals surface area contributed by atoms with E-state index in [1.807, 2.05) is 24.0 Å². The molecule has 5 rings (SSSR count). The molecule has 0 saturated carbocycles. The number of rotatable bonds is 3. The zero-order valence-corrected chi connectivity index (χ0v) is 14.4. The largest absolute Gasteiger partial charge is 0.352 e. The highest BCUT2D eigenvalue weighted by molar-refractivity contribution is 5.93. The van der Waals surface area contributed by atoms with Gasteiger partial charge in [-0.05, 0) is 6.07 Å². The summed E-state index contributed by atoms with van der Waals surface area (Å²) in [6.45, 7) is 3.10. The molecule has 0 atom stereocenters. The van der Waals surface area contributed by atoms with Crippen molar-refractivity contribution in [1.29, 1.82) is 0 Å². The number of urea groups is 1. The van der Waals surface area contributed by atoms with Crippen molar-refractivity contribution in [2.24, 2.45) is 0 Å². The average Bonchev–Trinajstić information content (AvgIpc) is 3.22. The van der Waals surface area contributed by atoms with Crippen LogP contribution in [0.5, 0.6) is 0 Å². The summed E-state index contributed by atoms with van der Waals surface area (Å²) in [6.07, 6.45) is 8.82. The third-order valence-corrected chi connectivity index (χ3v) is 5.07. The maximum Gasteiger partial charge on any atom is 0.324 e. The Morgan fingerprint density at radius 3 is 2.85 bits per heavy atom. The molecule has 132 valence electrons. The van der Waals surface area contributed by atoms with E-state index in [1.54, 1.807) is 34.7 Å². The van der Waals surface area contributed by atoms with Crippen LogP contribution in [0.3, 0.4) is 0 Å². The lowest BCUT2D eigenvalue weighted by Crippen LogP contribution is -2.48. The van der Waals surface area contributed by atoms with E-state index in [2.05, 4.69) is 25.0 Å². The van der Waals surface area contributed by atoms with Crippen molar-refractivity contribution >= 4 is 28.4 Å². The van der Waals surface area contributed by atoms with E-state index in [0.29, 0.717) is 6.54 Å². The summed E-state index contributed by atoms with van der Waals surface area (Å²) < 4.78 is 1.95. The summed E-state index contributed by atoms with van der Waals surface area (Å²) in [6, 6.07) is 2.24. The highest BCUT2D eigenvalue weighted by atomic mass is 16.2. The topological polar surface area (TPSA) is 83.3 Å². The predicted octanol–water partition coefficient (Wildman–Crippen LogP) is 1.15. The molecule has 0 N–H and O–H groups in total. The highest BCUT2D eigenvalue weighted by Gasteiger charge is 2.33. The maximum atomic E-state index is 12.1. The number of amides is 2. The Labute approximate surface area is 149 Å². The minimum atomic E-state index is 0.0286. The Hall–Kier alpha value is -3.23. The van der Waals surface area contributed by atoms with Crippen molar-refractivity contribution in [3.63, 3.8) is 0 Å². The van der Waals surface area contributed by atoms with Crippen LogP contribution in [0.25, 0.3) is 10.9 Å². The van der Waals surface area contributed by atoms with E-state index >= 15 is 0 Å². The maximum absolute atomic E-state index is 12.1. The van der Waals surface area contributed by atoms with E-state index in [0.717, 1.165) is 42.0 Å². The molecule has 0 aliphatic carbocycles. The van der Waals surface area contributed by atoms with Crippen LogP contribution in [0.15, 0.2) is 37.2 Å². The first-order chi connectivity index (χ1) is 12.7. The lowest BCUT2D eigenvalue weighted by Gasteiger charge is -2.40. The Morgan fingerprint density at radius 2 is 2.04 bits per heavy atom. The number of aromatic nitrogens is 5. The quantitative estimate of drug-likeness (QED) is 0.705. The third-order valence-electron chi connectivity index (χ3n) is 5.07. The molecule has 2 aliphatic heterocycles. The van der Waals surface area contributed by atoms with Crippen LogP contribution in [0.1, 0.15) is 6.04 Å². The van der Waals surface area contributed by atoms with Gasteiger partial charge in [0.25, 0.3) is 0 Å². The number of likely N-dealkylation sites (N-methyl/N-ethyl adjacent to an activating group) is 1. The number of pyridine rings is 1. The number of fused-ring (bicyclic) bond motifs is 1. The smallest absolute Gasteiger partial charge is 0.324 e. The second-order valence-corrected chi connectivity index (χ2v) is 6.68. The molecule has 0 radical (unpaired) electrons. The molecule has 3 aromatic heterocycles. The minimum Gasteiger partial charge on any atom is -0.352 e. The van der Waals surface area contributed by atoms with Crippen molar-refractivity contribution in [3.05, 3.63) is 37.2 Å². The van der Waals surface area contributed by atoms with Gasteiger partial charge in [0.15, 0.2) is 0 Å². The molecule has 2 amide bonds. The zero-order valence-electron chi connectivity index (χ0n) is 14.4. The summed E-state index contributed by atoms with van der Waals surface area (Å²) in [7, 11) is 1.82. The van der Waals surface area contributed by atoms with Crippen molar-refractivity contribution in [3.8, 4) is 0 Å². The van der Waals surface area contributed by atoms with Gasteiger partial charge in [-0.25, -0.2) is 14.8 Å². The van der Waals surface area contributed by atoms with Gasteiger partial charge in [-0.15, -0.1) is 0 Å². The van der Waals surface area contributed by atoms with Crippen LogP contribution in [-0.2, 0) is 0 Å². The number of anilines is 2. The van der Waals surface area contributed by atoms with E-state index in [-0.39, 0.29) is 12.1 Å². The fourth-order valence-corrected chi connectivity index (χ4v) is 3.49. The summed E-state index contributed by atoms with van der Waals surface area (Å²) in [5, 5.41) is 5.47. The molecule has 9 nitrogen and oxygen atoms in total. The lowest BCUT2D eigenvalue weighted by atomic mass is 10.1. The molecule has 0 bridgehead atoms. The van der Waals surface area contributed by atoms with Crippen molar-refractivity contribution in [2.75, 3.05) is 43.0 Å². The van der Waals surface area contributed by atoms with Crippen LogP contribution in [0, 0.1) is 0 Å². The molecule has 0 aromatic carbocycles. The lowest BCUT2D eigenvalue weighted by molar-refractivity contribution is 0.229. The number of carbonyl (C=O) groups excluding carboxylic acids is 1. The molecular weight excluding hydrogens is 332 g/mol. The molecular formula is C17H18N8O. The van der Waals surface area contributed by atoms with Crippen LogP contribution >= 0.6 is 0 Å². The minimum absolute atomic E-state index is 0.0286. The van der Waals surface area contributed by atoms with Gasteiger partial charge in [0.2, 0.25) is 0 Å². The van der Waals surface area contributed by atoms with E-state index in [4.69, 9.17) is 0 Å². The molecule has 26 heavy (non-hydrogen) atoms. The third kappa shape index (κ3) is 2.27. The van der Waals surface area contributed by atoms with Crippen molar-refractivity contribution in [2.45, 2.75) is 6.04 Å². The van der Waals surface area contributed by atoms with Crippen LogP contribution in [0.2, 0.25) is 0 Å². The average molecular weight is 350 g/mol. The first-order valence-electron chi connectivity index (χ1n) is 8.57. The zero-order chi connectivity index (χ0) is 17.7. The monoisotopic (exact) mass is 350 g/mol. The highest BCUT2D eigenvalue weighted by Crippen LogP contribution is 2.31. The van der Waals surface area contributed by atoms with E-state index in [9.17, 15) is 4.79 Å². The summed E-state index contributed by atoms with van der Waals surface area (Å²) in [5.41, 5.74) is 1.70. The Kier molecular flexibility index (Phi) is 3.27. The van der Waals surface area contributed by atoms with Gasteiger partial charge in [-0.1, -0.05) is 0 Å². The van der Waals surface area contributed by atoms with Gasteiger partial charge in [0.05, 0.1) is 29.6 Å². The van der Waals surface area contributed by atoms with Crippen molar-refractivity contribution < 1.29 is 4.79 Å². The Balaban J connectivity index is 1.32. The molecule has 0 unspecified atom stereocenters. The fourth-order valence-electron chi connectivity index (χ4n) is 3.49. The van der Waals surface area contributed by atoms with Gasteiger partial charge in [0, 0.05) is 51.0 Å². The second kappa shape index (κ2) is 5.65. The molecule has 2 fully saturated rings. The molecule has 0 spiro atoms. The van der Waals surface area contributed by atoms with Gasteiger partial charge >= 0.3 is 6.03 Å². The van der Waals surface area contributed by atoms with Crippen LogP contribution in [0.4, 0.5) is 16.3 Å².